The number of halogens is 1. The topological polar surface area (TPSA) is 132 Å². The molecule has 0 saturated heterocycles. The van der Waals surface area contributed by atoms with Gasteiger partial charge in [0.1, 0.15) is 29.1 Å². The van der Waals surface area contributed by atoms with Crippen LogP contribution in [0.3, 0.4) is 0 Å². The molecule has 0 spiro atoms. The average Bonchev–Trinajstić information content (AvgIpc) is 3.31. The Morgan fingerprint density at radius 1 is 1.26 bits per heavy atom. The van der Waals surface area contributed by atoms with Crippen LogP contribution < -0.4 is 10.6 Å². The van der Waals surface area contributed by atoms with Gasteiger partial charge >= 0.3 is 6.09 Å². The van der Waals surface area contributed by atoms with Crippen LogP contribution in [0.2, 0.25) is 0 Å². The van der Waals surface area contributed by atoms with E-state index in [1.165, 1.54) is 28.6 Å². The number of nitriles is 1. The first-order valence-corrected chi connectivity index (χ1v) is 10.7. The molecular weight excluding hydrogens is 453 g/mol. The Bertz CT molecular complexity index is 1540. The number of ether oxygens (including phenoxy) is 1. The van der Waals surface area contributed by atoms with Crippen molar-refractivity contribution >= 4 is 39.9 Å². The second-order valence-electron chi connectivity index (χ2n) is 9.19. The number of nitrogens with two attached hydrogens (primary N) is 1. The Labute approximate surface area is 200 Å². The van der Waals surface area contributed by atoms with Gasteiger partial charge in [-0.15, -0.1) is 0 Å². The lowest BCUT2D eigenvalue weighted by Crippen LogP contribution is -2.34. The van der Waals surface area contributed by atoms with Gasteiger partial charge < -0.3 is 19.6 Å². The fraction of sp³-hybridized carbons (Fsp3) is 0.292. The predicted octanol–water partition coefficient (Wildman–Crippen LogP) is 3.46. The first-order valence-electron chi connectivity index (χ1n) is 10.7. The number of fused-ring (bicyclic) bond motifs is 3. The lowest BCUT2D eigenvalue weighted by atomic mass is 10.1. The minimum atomic E-state index is -0.728. The first kappa shape index (κ1) is 23.7. The summed E-state index contributed by atoms with van der Waals surface area (Å²) in [4.78, 5) is 35.2. The number of carbonyl (C=O) groups excluding carboxylic acids is 2. The molecule has 0 saturated carbocycles. The Kier molecular flexibility index (Phi) is 5.68. The molecule has 0 atom stereocenters. The van der Waals surface area contributed by atoms with Crippen molar-refractivity contribution < 1.29 is 18.7 Å². The highest BCUT2D eigenvalue weighted by Gasteiger charge is 2.27. The van der Waals surface area contributed by atoms with Gasteiger partial charge in [0.15, 0.2) is 5.82 Å². The normalized spacial score (nSPS) is 11.6. The smallest absolute Gasteiger partial charge is 0.415 e. The number of primary amides is 1. The third kappa shape index (κ3) is 4.38. The molecule has 2 amide bonds. The molecule has 4 aromatic rings. The average molecular weight is 478 g/mol. The van der Waals surface area contributed by atoms with E-state index in [4.69, 9.17) is 10.5 Å². The largest absolute Gasteiger partial charge is 0.443 e. The molecular formula is C24H24FN7O3. The van der Waals surface area contributed by atoms with Crippen molar-refractivity contribution in [1.29, 1.82) is 5.26 Å². The van der Waals surface area contributed by atoms with Gasteiger partial charge in [0.2, 0.25) is 5.91 Å². The molecule has 0 aliphatic heterocycles. The zero-order chi connectivity index (χ0) is 25.7. The van der Waals surface area contributed by atoms with E-state index in [9.17, 15) is 19.2 Å². The number of aryl methyl sites for hydroxylation is 1. The summed E-state index contributed by atoms with van der Waals surface area (Å²) >= 11 is 0. The number of carbonyl (C=O) groups is 2. The zero-order valence-corrected chi connectivity index (χ0v) is 20.0. The van der Waals surface area contributed by atoms with Gasteiger partial charge in [0.25, 0.3) is 0 Å². The van der Waals surface area contributed by atoms with Crippen LogP contribution in [0.4, 0.5) is 15.0 Å². The van der Waals surface area contributed by atoms with Gasteiger partial charge in [-0.05, 0) is 45.0 Å². The van der Waals surface area contributed by atoms with Gasteiger partial charge in [0, 0.05) is 25.0 Å². The van der Waals surface area contributed by atoms with Crippen molar-refractivity contribution in [3.8, 4) is 17.3 Å². The summed E-state index contributed by atoms with van der Waals surface area (Å²) < 4.78 is 23.1. The van der Waals surface area contributed by atoms with Gasteiger partial charge in [-0.2, -0.15) is 5.26 Å². The number of amides is 2. The van der Waals surface area contributed by atoms with Crippen molar-refractivity contribution in [2.75, 3.05) is 11.9 Å². The van der Waals surface area contributed by atoms with Crippen LogP contribution in [-0.4, -0.2) is 43.8 Å². The van der Waals surface area contributed by atoms with Crippen LogP contribution in [0.5, 0.6) is 0 Å². The molecule has 1 aromatic carbocycles. The van der Waals surface area contributed by atoms with Gasteiger partial charge in [-0.3, -0.25) is 9.69 Å². The Morgan fingerprint density at radius 2 is 1.97 bits per heavy atom. The van der Waals surface area contributed by atoms with E-state index < -0.39 is 23.4 Å². The molecule has 0 aliphatic carbocycles. The zero-order valence-electron chi connectivity index (χ0n) is 20.0. The number of anilines is 1. The molecule has 3 aromatic heterocycles. The minimum absolute atomic E-state index is 0.125. The summed E-state index contributed by atoms with van der Waals surface area (Å²) in [6.45, 7) is 5.00. The molecule has 11 heteroatoms. The molecule has 3 heterocycles. The summed E-state index contributed by atoms with van der Waals surface area (Å²) in [6, 6.07) is 7.57. The Morgan fingerprint density at radius 3 is 2.60 bits per heavy atom. The molecule has 0 radical (unpaired) electrons. The maximum Gasteiger partial charge on any atom is 0.415 e. The lowest BCUT2D eigenvalue weighted by Gasteiger charge is -2.24. The Balaban J connectivity index is 2.04. The highest BCUT2D eigenvalue weighted by Crippen LogP contribution is 2.36. The van der Waals surface area contributed by atoms with E-state index in [0.29, 0.717) is 33.3 Å². The van der Waals surface area contributed by atoms with Crippen LogP contribution in [0.25, 0.3) is 33.3 Å². The van der Waals surface area contributed by atoms with Crippen LogP contribution in [0.1, 0.15) is 26.3 Å². The maximum atomic E-state index is 14.3. The minimum Gasteiger partial charge on any atom is -0.443 e. The van der Waals surface area contributed by atoms with E-state index in [-0.39, 0.29) is 17.9 Å². The molecule has 180 valence electrons. The number of pyridine rings is 1. The van der Waals surface area contributed by atoms with Gasteiger partial charge in [0.05, 0.1) is 29.2 Å². The highest BCUT2D eigenvalue weighted by atomic mass is 19.1. The van der Waals surface area contributed by atoms with E-state index >= 15 is 0 Å². The van der Waals surface area contributed by atoms with Crippen LogP contribution in [-0.2, 0) is 23.1 Å². The number of nitrogens with zero attached hydrogens (tertiary/aromatic N) is 6. The van der Waals surface area contributed by atoms with Crippen LogP contribution in [0.15, 0.2) is 30.6 Å². The summed E-state index contributed by atoms with van der Waals surface area (Å²) in [6.07, 6.45) is 0.951. The fourth-order valence-corrected chi connectivity index (χ4v) is 3.91. The predicted molar refractivity (Wildman–Crippen MR) is 128 cm³/mol. The molecule has 0 bridgehead atoms. The SMILES string of the molecule is CN(C(=O)OC(C)(C)C)c1nc2c(cc(-c3cc(F)cc(C#N)c3)n2CC(N)=O)c2c1ncn2C. The second-order valence-corrected chi connectivity index (χ2v) is 9.19. The van der Waals surface area contributed by atoms with Crippen molar-refractivity contribution in [3.05, 3.63) is 42.0 Å². The van der Waals surface area contributed by atoms with Crippen LogP contribution >= 0.6 is 0 Å². The summed E-state index contributed by atoms with van der Waals surface area (Å²) in [5, 5.41) is 9.91. The van der Waals surface area contributed by atoms with Crippen LogP contribution in [0, 0.1) is 17.1 Å². The van der Waals surface area contributed by atoms with Crippen molar-refractivity contribution in [2.45, 2.75) is 32.9 Å². The molecule has 2 N–H and O–H groups in total. The molecule has 10 nitrogen and oxygen atoms in total. The molecule has 0 aliphatic rings. The molecule has 0 fully saturated rings. The third-order valence-corrected chi connectivity index (χ3v) is 5.31. The Hall–Kier alpha value is -4.46. The molecule has 35 heavy (non-hydrogen) atoms. The van der Waals surface area contributed by atoms with Crippen molar-refractivity contribution in [1.82, 2.24) is 19.1 Å². The number of rotatable bonds is 4. The number of imidazole rings is 1. The highest BCUT2D eigenvalue weighted by molar-refractivity contribution is 6.10. The van der Waals surface area contributed by atoms with Crippen molar-refractivity contribution in [2.24, 2.45) is 12.8 Å². The molecule has 0 unspecified atom stereocenters. The summed E-state index contributed by atoms with van der Waals surface area (Å²) in [5.41, 5.74) is 7.15. The monoisotopic (exact) mass is 477 g/mol. The van der Waals surface area contributed by atoms with Crippen molar-refractivity contribution in [3.63, 3.8) is 0 Å². The number of aromatic nitrogens is 4. The first-order chi connectivity index (χ1) is 16.4. The summed E-state index contributed by atoms with van der Waals surface area (Å²) in [5.74, 6) is -1.02. The maximum absolute atomic E-state index is 14.3. The number of benzene rings is 1. The lowest BCUT2D eigenvalue weighted by molar-refractivity contribution is -0.118. The second kappa shape index (κ2) is 8.39. The number of hydrogen-bond donors (Lipinski definition) is 1. The number of hydrogen-bond acceptors (Lipinski definition) is 6. The van der Waals surface area contributed by atoms with E-state index in [2.05, 4.69) is 9.97 Å². The third-order valence-electron chi connectivity index (χ3n) is 5.31. The quantitative estimate of drug-likeness (QED) is 0.479. The van der Waals surface area contributed by atoms with E-state index in [1.54, 1.807) is 44.8 Å². The van der Waals surface area contributed by atoms with Gasteiger partial charge in [-0.25, -0.2) is 19.2 Å². The molecule has 4 rings (SSSR count). The fourth-order valence-electron chi connectivity index (χ4n) is 3.91. The summed E-state index contributed by atoms with van der Waals surface area (Å²) in [7, 11) is 3.30. The standard InChI is InChI=1S/C24H24FN7O3/c1-24(2,3)35-23(34)31(5)22-19-20(30(4)12-28-19)16-9-17(32(11-18(27)33)21(16)29-22)14-6-13(10-26)7-15(25)8-14/h6-9,12H,11H2,1-5H3,(H2,27,33). The van der Waals surface area contributed by atoms with Gasteiger partial charge in [-0.1, -0.05) is 0 Å². The van der Waals surface area contributed by atoms with E-state index in [0.717, 1.165) is 6.07 Å². The van der Waals surface area contributed by atoms with E-state index in [1.807, 2.05) is 6.07 Å².